The van der Waals surface area contributed by atoms with Gasteiger partial charge >= 0.3 is 0 Å². The molecular formula is C15H24N2. The molecule has 1 heterocycles. The van der Waals surface area contributed by atoms with Crippen molar-refractivity contribution in [3.05, 3.63) is 35.9 Å². The lowest BCUT2D eigenvalue weighted by atomic mass is 10.0. The van der Waals surface area contributed by atoms with Crippen molar-refractivity contribution >= 4 is 0 Å². The molecule has 2 unspecified atom stereocenters. The highest BCUT2D eigenvalue weighted by atomic mass is 15.0. The van der Waals surface area contributed by atoms with Gasteiger partial charge in [-0.05, 0) is 44.3 Å². The highest BCUT2D eigenvalue weighted by Gasteiger charge is 2.16. The third-order valence-corrected chi connectivity index (χ3v) is 3.62. The van der Waals surface area contributed by atoms with Crippen molar-refractivity contribution in [3.8, 4) is 0 Å². The molecule has 0 aliphatic carbocycles. The smallest absolute Gasteiger partial charge is 0.0320 e. The summed E-state index contributed by atoms with van der Waals surface area (Å²) >= 11 is 0. The Labute approximate surface area is 105 Å². The molecule has 0 aromatic heterocycles. The Balaban J connectivity index is 1.94. The molecule has 0 bridgehead atoms. The van der Waals surface area contributed by atoms with Crippen molar-refractivity contribution in [1.29, 1.82) is 0 Å². The zero-order valence-electron chi connectivity index (χ0n) is 10.8. The van der Waals surface area contributed by atoms with E-state index < -0.39 is 0 Å². The van der Waals surface area contributed by atoms with Crippen LogP contribution in [0.15, 0.2) is 30.3 Å². The first-order chi connectivity index (χ1) is 8.40. The molecule has 2 nitrogen and oxygen atoms in total. The van der Waals surface area contributed by atoms with Gasteiger partial charge in [0.05, 0.1) is 0 Å². The van der Waals surface area contributed by atoms with Crippen LogP contribution < -0.4 is 10.6 Å². The fraction of sp³-hybridized carbons (Fsp3) is 0.600. The summed E-state index contributed by atoms with van der Waals surface area (Å²) in [6.45, 7) is 4.60. The molecule has 94 valence electrons. The Kier molecular flexibility index (Phi) is 5.02. The summed E-state index contributed by atoms with van der Waals surface area (Å²) in [6.07, 6.45) is 5.01. The van der Waals surface area contributed by atoms with Crippen LogP contribution in [0, 0.1) is 0 Å². The first-order valence-electron chi connectivity index (χ1n) is 6.92. The molecule has 17 heavy (non-hydrogen) atoms. The van der Waals surface area contributed by atoms with Crippen LogP contribution in [-0.2, 0) is 0 Å². The normalized spacial score (nSPS) is 23.0. The number of hydrogen-bond acceptors (Lipinski definition) is 2. The predicted molar refractivity (Wildman–Crippen MR) is 73.1 cm³/mol. The van der Waals surface area contributed by atoms with Crippen LogP contribution in [0.1, 0.15) is 44.2 Å². The fourth-order valence-electron chi connectivity index (χ4n) is 2.61. The van der Waals surface area contributed by atoms with E-state index in [1.54, 1.807) is 0 Å². The van der Waals surface area contributed by atoms with Gasteiger partial charge in [-0.3, -0.25) is 0 Å². The van der Waals surface area contributed by atoms with Crippen molar-refractivity contribution in [2.24, 2.45) is 0 Å². The molecule has 1 fully saturated rings. The van der Waals surface area contributed by atoms with Gasteiger partial charge in [-0.2, -0.15) is 0 Å². The molecule has 1 aliphatic heterocycles. The van der Waals surface area contributed by atoms with Crippen molar-refractivity contribution < 1.29 is 0 Å². The standard InChI is InChI=1S/C15H24N2/c1-2-15(13-7-4-3-5-8-13)17-14-9-6-11-16-12-10-14/h3-5,7-8,14-17H,2,6,9-12H2,1H3. The highest BCUT2D eigenvalue weighted by molar-refractivity contribution is 5.18. The van der Waals surface area contributed by atoms with Gasteiger partial charge in [0, 0.05) is 12.1 Å². The first kappa shape index (κ1) is 12.6. The van der Waals surface area contributed by atoms with E-state index in [4.69, 9.17) is 0 Å². The van der Waals surface area contributed by atoms with Crippen LogP contribution in [0.5, 0.6) is 0 Å². The van der Waals surface area contributed by atoms with Crippen LogP contribution in [0.4, 0.5) is 0 Å². The van der Waals surface area contributed by atoms with E-state index >= 15 is 0 Å². The van der Waals surface area contributed by atoms with Crippen LogP contribution in [-0.4, -0.2) is 19.1 Å². The lowest BCUT2D eigenvalue weighted by molar-refractivity contribution is 0.398. The molecule has 2 N–H and O–H groups in total. The molecule has 0 radical (unpaired) electrons. The van der Waals surface area contributed by atoms with Crippen molar-refractivity contribution in [3.63, 3.8) is 0 Å². The Morgan fingerprint density at radius 1 is 1.24 bits per heavy atom. The topological polar surface area (TPSA) is 24.1 Å². The number of hydrogen-bond donors (Lipinski definition) is 2. The highest BCUT2D eigenvalue weighted by Crippen LogP contribution is 2.19. The Morgan fingerprint density at radius 3 is 2.82 bits per heavy atom. The van der Waals surface area contributed by atoms with E-state index in [-0.39, 0.29) is 0 Å². The molecule has 1 saturated heterocycles. The molecule has 2 rings (SSSR count). The Hall–Kier alpha value is -0.860. The van der Waals surface area contributed by atoms with Crippen molar-refractivity contribution in [2.45, 2.75) is 44.7 Å². The minimum absolute atomic E-state index is 0.513. The van der Waals surface area contributed by atoms with E-state index in [1.807, 2.05) is 0 Å². The maximum Gasteiger partial charge on any atom is 0.0320 e. The minimum atomic E-state index is 0.513. The molecule has 2 atom stereocenters. The van der Waals surface area contributed by atoms with E-state index in [2.05, 4.69) is 47.9 Å². The maximum atomic E-state index is 3.82. The van der Waals surface area contributed by atoms with Gasteiger partial charge < -0.3 is 10.6 Å². The molecule has 2 heteroatoms. The summed E-state index contributed by atoms with van der Waals surface area (Å²) < 4.78 is 0. The Bertz CT molecular complexity index is 302. The molecule has 0 amide bonds. The second-order valence-electron chi connectivity index (χ2n) is 4.92. The summed E-state index contributed by atoms with van der Waals surface area (Å²) in [4.78, 5) is 0. The van der Waals surface area contributed by atoms with Gasteiger partial charge in [-0.25, -0.2) is 0 Å². The van der Waals surface area contributed by atoms with E-state index in [0.717, 1.165) is 13.0 Å². The van der Waals surface area contributed by atoms with E-state index in [0.29, 0.717) is 12.1 Å². The van der Waals surface area contributed by atoms with Crippen LogP contribution in [0.2, 0.25) is 0 Å². The largest absolute Gasteiger partial charge is 0.317 e. The SMILES string of the molecule is CCC(NC1CCCNCC1)c1ccccc1. The lowest BCUT2D eigenvalue weighted by Gasteiger charge is -2.24. The molecule has 1 aliphatic rings. The van der Waals surface area contributed by atoms with Gasteiger partial charge in [-0.1, -0.05) is 37.3 Å². The quantitative estimate of drug-likeness (QED) is 0.834. The monoisotopic (exact) mass is 232 g/mol. The van der Waals surface area contributed by atoms with Crippen molar-refractivity contribution in [2.75, 3.05) is 13.1 Å². The van der Waals surface area contributed by atoms with E-state index in [9.17, 15) is 0 Å². The summed E-state index contributed by atoms with van der Waals surface area (Å²) in [6, 6.07) is 12.0. The van der Waals surface area contributed by atoms with Crippen LogP contribution in [0.3, 0.4) is 0 Å². The Morgan fingerprint density at radius 2 is 2.06 bits per heavy atom. The molecule has 0 spiro atoms. The molecule has 1 aromatic rings. The van der Waals surface area contributed by atoms with Gasteiger partial charge in [0.2, 0.25) is 0 Å². The summed E-state index contributed by atoms with van der Waals surface area (Å²) in [5.41, 5.74) is 1.42. The lowest BCUT2D eigenvalue weighted by Crippen LogP contribution is -2.33. The second kappa shape index (κ2) is 6.77. The van der Waals surface area contributed by atoms with Gasteiger partial charge in [-0.15, -0.1) is 0 Å². The summed E-state index contributed by atoms with van der Waals surface area (Å²) in [5.74, 6) is 0. The number of benzene rings is 1. The third-order valence-electron chi connectivity index (χ3n) is 3.62. The first-order valence-corrected chi connectivity index (χ1v) is 6.92. The van der Waals surface area contributed by atoms with Gasteiger partial charge in [0.15, 0.2) is 0 Å². The van der Waals surface area contributed by atoms with Crippen LogP contribution >= 0.6 is 0 Å². The maximum absolute atomic E-state index is 3.82. The fourth-order valence-corrected chi connectivity index (χ4v) is 2.61. The molecular weight excluding hydrogens is 208 g/mol. The van der Waals surface area contributed by atoms with Gasteiger partial charge in [0.1, 0.15) is 0 Å². The van der Waals surface area contributed by atoms with Crippen molar-refractivity contribution in [1.82, 2.24) is 10.6 Å². The average Bonchev–Trinajstić information content (AvgIpc) is 2.65. The second-order valence-corrected chi connectivity index (χ2v) is 4.92. The predicted octanol–water partition coefficient (Wildman–Crippen LogP) is 2.87. The number of rotatable bonds is 4. The third kappa shape index (κ3) is 3.83. The van der Waals surface area contributed by atoms with Gasteiger partial charge in [0.25, 0.3) is 0 Å². The zero-order chi connectivity index (χ0) is 11.9. The van der Waals surface area contributed by atoms with Crippen LogP contribution in [0.25, 0.3) is 0 Å². The molecule has 0 saturated carbocycles. The molecule has 1 aromatic carbocycles. The zero-order valence-corrected chi connectivity index (χ0v) is 10.8. The average molecular weight is 232 g/mol. The number of nitrogens with one attached hydrogen (secondary N) is 2. The summed E-state index contributed by atoms with van der Waals surface area (Å²) in [5, 5.41) is 7.29. The minimum Gasteiger partial charge on any atom is -0.317 e. The summed E-state index contributed by atoms with van der Waals surface area (Å²) in [7, 11) is 0. The van der Waals surface area contributed by atoms with E-state index in [1.165, 1.54) is 31.4 Å².